The predicted molar refractivity (Wildman–Crippen MR) is 256 cm³/mol. The standard InChI is InChI=1S/C60H51N/c1-58(2)52-20-9-6-15-46(52)49-33-27-41(37-55(49)58)39-23-28-42(29-24-39)61(44-32-34-50-47-16-8-11-22-54(47)60(56(50)38-44)35-12-5-13-36-60)43-30-25-40(26-31-43)45-18-14-19-51-48-17-7-10-21-53(48)59(3,4)57(45)51/h6-11,14-34,37-38H,5,12-13,35-36H2,1-4H3. The van der Waals surface area contributed by atoms with Crippen LogP contribution in [0.2, 0.25) is 0 Å². The fourth-order valence-electron chi connectivity index (χ4n) is 12.3. The van der Waals surface area contributed by atoms with Crippen molar-refractivity contribution in [1.82, 2.24) is 0 Å². The molecule has 0 aromatic heterocycles. The number of nitrogens with zero attached hydrogens (tertiary/aromatic N) is 1. The third kappa shape index (κ3) is 5.26. The molecular weight excluding hydrogens is 735 g/mol. The minimum atomic E-state index is -0.0788. The first kappa shape index (κ1) is 36.4. The highest BCUT2D eigenvalue weighted by Gasteiger charge is 2.44. The van der Waals surface area contributed by atoms with Gasteiger partial charge in [-0.1, -0.05) is 180 Å². The Kier molecular flexibility index (Phi) is 7.93. The molecule has 0 saturated heterocycles. The first-order valence-electron chi connectivity index (χ1n) is 22.5. The summed E-state index contributed by atoms with van der Waals surface area (Å²) < 4.78 is 0. The van der Waals surface area contributed by atoms with E-state index >= 15 is 0 Å². The monoisotopic (exact) mass is 785 g/mol. The van der Waals surface area contributed by atoms with Crippen molar-refractivity contribution >= 4 is 17.1 Å². The van der Waals surface area contributed by atoms with E-state index in [1.807, 2.05) is 0 Å². The maximum absolute atomic E-state index is 2.55. The molecule has 4 aliphatic rings. The van der Waals surface area contributed by atoms with Crippen LogP contribution in [-0.4, -0.2) is 0 Å². The van der Waals surface area contributed by atoms with Crippen molar-refractivity contribution in [2.24, 2.45) is 0 Å². The van der Waals surface area contributed by atoms with Gasteiger partial charge in [0.15, 0.2) is 0 Å². The first-order valence-corrected chi connectivity index (χ1v) is 22.5. The summed E-state index contributed by atoms with van der Waals surface area (Å²) in [7, 11) is 0. The Balaban J connectivity index is 0.967. The van der Waals surface area contributed by atoms with Crippen LogP contribution in [-0.2, 0) is 16.2 Å². The molecule has 8 aromatic rings. The van der Waals surface area contributed by atoms with Crippen molar-refractivity contribution in [3.63, 3.8) is 0 Å². The second kappa shape index (κ2) is 13.3. The molecule has 8 aromatic carbocycles. The van der Waals surface area contributed by atoms with Crippen LogP contribution in [0.4, 0.5) is 17.1 Å². The van der Waals surface area contributed by atoms with E-state index in [4.69, 9.17) is 0 Å². The van der Waals surface area contributed by atoms with Gasteiger partial charge in [-0.15, -0.1) is 0 Å². The molecule has 0 amide bonds. The van der Waals surface area contributed by atoms with Gasteiger partial charge in [0.05, 0.1) is 0 Å². The summed E-state index contributed by atoms with van der Waals surface area (Å²) in [6.07, 6.45) is 6.32. The van der Waals surface area contributed by atoms with Crippen LogP contribution in [0.1, 0.15) is 93.2 Å². The van der Waals surface area contributed by atoms with Crippen LogP contribution < -0.4 is 4.90 Å². The van der Waals surface area contributed by atoms with Crippen LogP contribution in [0.25, 0.3) is 55.6 Å². The Morgan fingerprint density at radius 2 is 0.803 bits per heavy atom. The molecule has 1 nitrogen and oxygen atoms in total. The highest BCUT2D eigenvalue weighted by atomic mass is 15.1. The van der Waals surface area contributed by atoms with E-state index < -0.39 is 0 Å². The maximum atomic E-state index is 2.55. The van der Waals surface area contributed by atoms with Gasteiger partial charge in [-0.05, 0) is 144 Å². The quantitative estimate of drug-likeness (QED) is 0.168. The molecule has 0 unspecified atom stereocenters. The van der Waals surface area contributed by atoms with Crippen LogP contribution in [0, 0.1) is 0 Å². The zero-order chi connectivity index (χ0) is 41.1. The summed E-state index contributed by atoms with van der Waals surface area (Å²) in [4.78, 5) is 2.49. The zero-order valence-corrected chi connectivity index (χ0v) is 35.7. The fraction of sp³-hybridized carbons (Fsp3) is 0.200. The second-order valence-electron chi connectivity index (χ2n) is 19.2. The lowest BCUT2D eigenvalue weighted by molar-refractivity contribution is 0.353. The average Bonchev–Trinajstić information content (AvgIpc) is 3.81. The molecule has 0 N–H and O–H groups in total. The van der Waals surface area contributed by atoms with Gasteiger partial charge in [0.25, 0.3) is 0 Å². The molecule has 1 saturated carbocycles. The fourth-order valence-corrected chi connectivity index (χ4v) is 12.3. The number of rotatable bonds is 5. The molecule has 1 heteroatoms. The van der Waals surface area contributed by atoms with E-state index in [0.717, 1.165) is 11.4 Å². The Morgan fingerprint density at radius 1 is 0.328 bits per heavy atom. The molecule has 4 aliphatic carbocycles. The van der Waals surface area contributed by atoms with Crippen LogP contribution in [0.5, 0.6) is 0 Å². The van der Waals surface area contributed by atoms with Gasteiger partial charge in [0.2, 0.25) is 0 Å². The maximum Gasteiger partial charge on any atom is 0.0465 e. The summed E-state index contributed by atoms with van der Waals surface area (Å²) >= 11 is 0. The third-order valence-electron chi connectivity index (χ3n) is 15.3. The number of anilines is 3. The Labute approximate surface area is 361 Å². The minimum absolute atomic E-state index is 0.0344. The van der Waals surface area contributed by atoms with Gasteiger partial charge in [-0.2, -0.15) is 0 Å². The van der Waals surface area contributed by atoms with Gasteiger partial charge in [-0.25, -0.2) is 0 Å². The summed E-state index contributed by atoms with van der Waals surface area (Å²) in [6, 6.07) is 67.1. The molecule has 0 radical (unpaired) electrons. The lowest BCUT2D eigenvalue weighted by atomic mass is 9.68. The summed E-state index contributed by atoms with van der Waals surface area (Å²) in [6.45, 7) is 9.50. The van der Waals surface area contributed by atoms with Crippen molar-refractivity contribution in [3.8, 4) is 55.6 Å². The van der Waals surface area contributed by atoms with E-state index in [0.29, 0.717) is 0 Å². The molecule has 1 spiro atoms. The Morgan fingerprint density at radius 3 is 1.49 bits per heavy atom. The van der Waals surface area contributed by atoms with Crippen molar-refractivity contribution < 1.29 is 0 Å². The summed E-state index contributed by atoms with van der Waals surface area (Å²) in [5.74, 6) is 0. The largest absolute Gasteiger partial charge is 0.310 e. The molecule has 12 rings (SSSR count). The number of hydrogen-bond donors (Lipinski definition) is 0. The zero-order valence-electron chi connectivity index (χ0n) is 35.7. The predicted octanol–water partition coefficient (Wildman–Crippen LogP) is 16.3. The lowest BCUT2D eigenvalue weighted by Gasteiger charge is -2.36. The van der Waals surface area contributed by atoms with Crippen molar-refractivity contribution in [2.75, 3.05) is 4.90 Å². The van der Waals surface area contributed by atoms with Gasteiger partial charge < -0.3 is 4.90 Å². The molecule has 1 fully saturated rings. The van der Waals surface area contributed by atoms with E-state index in [-0.39, 0.29) is 16.2 Å². The van der Waals surface area contributed by atoms with Gasteiger partial charge >= 0.3 is 0 Å². The summed E-state index contributed by atoms with van der Waals surface area (Å²) in [5.41, 5.74) is 25.5. The van der Waals surface area contributed by atoms with E-state index in [2.05, 4.69) is 209 Å². The summed E-state index contributed by atoms with van der Waals surface area (Å²) in [5, 5.41) is 0. The van der Waals surface area contributed by atoms with Crippen molar-refractivity contribution in [2.45, 2.75) is 76.0 Å². The number of hydrogen-bond acceptors (Lipinski definition) is 1. The van der Waals surface area contributed by atoms with Crippen LogP contribution in [0.3, 0.4) is 0 Å². The topological polar surface area (TPSA) is 3.24 Å². The lowest BCUT2D eigenvalue weighted by Crippen LogP contribution is -2.28. The second-order valence-corrected chi connectivity index (χ2v) is 19.2. The average molecular weight is 786 g/mol. The van der Waals surface area contributed by atoms with Gasteiger partial charge in [-0.3, -0.25) is 0 Å². The Bertz CT molecular complexity index is 3040. The molecule has 0 heterocycles. The van der Waals surface area contributed by atoms with Crippen molar-refractivity contribution in [3.05, 3.63) is 209 Å². The molecule has 0 aliphatic heterocycles. The highest BCUT2D eigenvalue weighted by Crippen LogP contribution is 2.57. The number of benzene rings is 8. The van der Waals surface area contributed by atoms with Gasteiger partial charge in [0, 0.05) is 33.3 Å². The smallest absolute Gasteiger partial charge is 0.0465 e. The highest BCUT2D eigenvalue weighted by molar-refractivity contribution is 5.90. The Hall–Kier alpha value is -6.44. The molecule has 0 bridgehead atoms. The van der Waals surface area contributed by atoms with Crippen LogP contribution >= 0.6 is 0 Å². The van der Waals surface area contributed by atoms with Gasteiger partial charge in [0.1, 0.15) is 0 Å². The third-order valence-corrected chi connectivity index (χ3v) is 15.3. The minimum Gasteiger partial charge on any atom is -0.310 e. The first-order chi connectivity index (χ1) is 29.7. The van der Waals surface area contributed by atoms with E-state index in [1.54, 1.807) is 0 Å². The molecular formula is C60H51N. The van der Waals surface area contributed by atoms with E-state index in [9.17, 15) is 0 Å². The normalized spacial score (nSPS) is 16.6. The van der Waals surface area contributed by atoms with Crippen LogP contribution in [0.15, 0.2) is 176 Å². The number of fused-ring (bicyclic) bond motifs is 11. The van der Waals surface area contributed by atoms with Crippen molar-refractivity contribution in [1.29, 1.82) is 0 Å². The van der Waals surface area contributed by atoms with E-state index in [1.165, 1.54) is 127 Å². The molecule has 0 atom stereocenters. The molecule has 61 heavy (non-hydrogen) atoms. The molecule has 296 valence electrons. The SMILES string of the molecule is CC1(C)c2ccccc2-c2ccc(-c3ccc(N(c4ccc(-c5cccc6c5C(C)(C)c5ccccc5-6)cc4)c4ccc5c(c4)C4(CCCCC4)c4ccccc4-5)cc3)cc21.